The van der Waals surface area contributed by atoms with Crippen LogP contribution in [0.5, 0.6) is 5.75 Å². The van der Waals surface area contributed by atoms with Gasteiger partial charge < -0.3 is 19.7 Å². The minimum absolute atomic E-state index is 0.0792. The van der Waals surface area contributed by atoms with Crippen LogP contribution in [-0.2, 0) is 4.74 Å². The highest BCUT2D eigenvalue weighted by molar-refractivity contribution is 5.75. The molecule has 26 heavy (non-hydrogen) atoms. The van der Waals surface area contributed by atoms with Crippen LogP contribution in [0.2, 0.25) is 0 Å². The summed E-state index contributed by atoms with van der Waals surface area (Å²) in [4.78, 5) is 17.0. The third-order valence-corrected chi connectivity index (χ3v) is 5.23. The number of hydrogen-bond acceptors (Lipinski definition) is 4. The topological polar surface area (TPSA) is 54.0 Å². The summed E-state index contributed by atoms with van der Waals surface area (Å²) in [5.74, 6) is -0.213. The second-order valence-electron chi connectivity index (χ2n) is 6.97. The van der Waals surface area contributed by atoms with E-state index in [1.807, 2.05) is 11.8 Å². The monoisotopic (exact) mass is 365 g/mol. The standard InChI is InChI=1S/C19H28FN3O3/c1-14(15-5-6-18(25-2)17(20)12-15)21-19(24)23-7-3-4-16(23)13-22-8-10-26-11-9-22/h5-6,12,14,16H,3-4,7-11,13H2,1-2H3,(H,21,24)/t14?,16-/m0/s1. The number of likely N-dealkylation sites (tertiary alicyclic amines) is 1. The van der Waals surface area contributed by atoms with Gasteiger partial charge in [-0.15, -0.1) is 0 Å². The SMILES string of the molecule is COc1ccc(C(C)NC(=O)N2CCC[C@H]2CN2CCOCC2)cc1F. The number of amides is 2. The number of benzene rings is 1. The van der Waals surface area contributed by atoms with Crippen LogP contribution in [0.3, 0.4) is 0 Å². The molecule has 0 bridgehead atoms. The zero-order valence-corrected chi connectivity index (χ0v) is 15.5. The summed E-state index contributed by atoms with van der Waals surface area (Å²) in [6, 6.07) is 4.66. The Hall–Kier alpha value is -1.86. The lowest BCUT2D eigenvalue weighted by Crippen LogP contribution is -2.49. The second-order valence-corrected chi connectivity index (χ2v) is 6.97. The lowest BCUT2D eigenvalue weighted by Gasteiger charge is -2.33. The highest BCUT2D eigenvalue weighted by Crippen LogP contribution is 2.23. The third-order valence-electron chi connectivity index (χ3n) is 5.23. The number of halogens is 1. The number of carbonyl (C=O) groups is 1. The van der Waals surface area contributed by atoms with Crippen molar-refractivity contribution in [2.75, 3.05) is 46.5 Å². The van der Waals surface area contributed by atoms with Crippen LogP contribution in [0.4, 0.5) is 9.18 Å². The summed E-state index contributed by atoms with van der Waals surface area (Å²) in [5.41, 5.74) is 0.723. The van der Waals surface area contributed by atoms with Crippen molar-refractivity contribution in [2.45, 2.75) is 31.8 Å². The van der Waals surface area contributed by atoms with Crippen molar-refractivity contribution < 1.29 is 18.7 Å². The molecule has 2 amide bonds. The molecule has 2 fully saturated rings. The Bertz CT molecular complexity index is 622. The fraction of sp³-hybridized carbons (Fsp3) is 0.632. The highest BCUT2D eigenvalue weighted by Gasteiger charge is 2.31. The molecule has 144 valence electrons. The fourth-order valence-electron chi connectivity index (χ4n) is 3.68. The summed E-state index contributed by atoms with van der Waals surface area (Å²) in [5, 5.41) is 3.01. The van der Waals surface area contributed by atoms with E-state index in [0.717, 1.165) is 57.8 Å². The number of hydrogen-bond donors (Lipinski definition) is 1. The van der Waals surface area contributed by atoms with Crippen molar-refractivity contribution in [2.24, 2.45) is 0 Å². The lowest BCUT2D eigenvalue weighted by molar-refractivity contribution is 0.0291. The van der Waals surface area contributed by atoms with E-state index in [0.29, 0.717) is 0 Å². The number of morpholine rings is 1. The van der Waals surface area contributed by atoms with Crippen molar-refractivity contribution in [3.05, 3.63) is 29.6 Å². The van der Waals surface area contributed by atoms with Gasteiger partial charge in [-0.3, -0.25) is 4.90 Å². The zero-order chi connectivity index (χ0) is 18.5. The van der Waals surface area contributed by atoms with Crippen LogP contribution < -0.4 is 10.1 Å². The summed E-state index contributed by atoms with van der Waals surface area (Å²) >= 11 is 0. The Labute approximate surface area is 154 Å². The fourth-order valence-corrected chi connectivity index (χ4v) is 3.68. The van der Waals surface area contributed by atoms with Gasteiger partial charge >= 0.3 is 6.03 Å². The molecule has 0 radical (unpaired) electrons. The highest BCUT2D eigenvalue weighted by atomic mass is 19.1. The molecule has 2 atom stereocenters. The molecule has 2 heterocycles. The molecule has 3 rings (SSSR count). The maximum Gasteiger partial charge on any atom is 0.318 e. The minimum atomic E-state index is -0.419. The van der Waals surface area contributed by atoms with Gasteiger partial charge in [-0.25, -0.2) is 9.18 Å². The van der Waals surface area contributed by atoms with Gasteiger partial charge in [0.25, 0.3) is 0 Å². The molecule has 1 aromatic rings. The number of urea groups is 1. The Morgan fingerprint density at radius 1 is 1.38 bits per heavy atom. The first-order chi connectivity index (χ1) is 12.6. The van der Waals surface area contributed by atoms with E-state index in [9.17, 15) is 9.18 Å². The smallest absolute Gasteiger partial charge is 0.318 e. The van der Waals surface area contributed by atoms with Gasteiger partial charge in [0.05, 0.1) is 26.4 Å². The van der Waals surface area contributed by atoms with E-state index in [2.05, 4.69) is 10.2 Å². The van der Waals surface area contributed by atoms with Gasteiger partial charge in [0.1, 0.15) is 0 Å². The first-order valence-corrected chi connectivity index (χ1v) is 9.29. The van der Waals surface area contributed by atoms with Gasteiger partial charge in [-0.05, 0) is 37.5 Å². The number of carbonyl (C=O) groups excluding carboxylic acids is 1. The first kappa shape index (κ1) is 18.9. The molecule has 7 heteroatoms. The van der Waals surface area contributed by atoms with E-state index in [1.54, 1.807) is 12.1 Å². The molecule has 0 aliphatic carbocycles. The molecular formula is C19H28FN3O3. The van der Waals surface area contributed by atoms with Gasteiger partial charge in [0, 0.05) is 32.2 Å². The summed E-state index contributed by atoms with van der Waals surface area (Å²) in [6.07, 6.45) is 2.05. The van der Waals surface area contributed by atoms with Crippen molar-refractivity contribution in [3.63, 3.8) is 0 Å². The second kappa shape index (κ2) is 8.68. The number of ether oxygens (including phenoxy) is 2. The number of rotatable bonds is 5. The molecule has 0 spiro atoms. The maximum atomic E-state index is 13.9. The molecule has 2 aliphatic rings. The Balaban J connectivity index is 1.58. The molecule has 2 saturated heterocycles. The molecule has 2 aliphatic heterocycles. The van der Waals surface area contributed by atoms with E-state index in [4.69, 9.17) is 9.47 Å². The van der Waals surface area contributed by atoms with Crippen LogP contribution in [-0.4, -0.2) is 68.4 Å². The average Bonchev–Trinajstić information content (AvgIpc) is 3.10. The first-order valence-electron chi connectivity index (χ1n) is 9.29. The van der Waals surface area contributed by atoms with Gasteiger partial charge in [-0.1, -0.05) is 6.07 Å². The van der Waals surface area contributed by atoms with E-state index in [1.165, 1.54) is 13.2 Å². The van der Waals surface area contributed by atoms with Crippen LogP contribution in [0.25, 0.3) is 0 Å². The van der Waals surface area contributed by atoms with Gasteiger partial charge in [0.2, 0.25) is 0 Å². The number of nitrogens with one attached hydrogen (secondary N) is 1. The van der Waals surface area contributed by atoms with Crippen molar-refractivity contribution in [1.82, 2.24) is 15.1 Å². The van der Waals surface area contributed by atoms with E-state index >= 15 is 0 Å². The summed E-state index contributed by atoms with van der Waals surface area (Å²) in [6.45, 7) is 6.90. The van der Waals surface area contributed by atoms with Gasteiger partial charge in [-0.2, -0.15) is 0 Å². The number of nitrogens with zero attached hydrogens (tertiary/aromatic N) is 2. The average molecular weight is 365 g/mol. The van der Waals surface area contributed by atoms with Crippen molar-refractivity contribution in [3.8, 4) is 5.75 Å². The lowest BCUT2D eigenvalue weighted by atomic mass is 10.1. The molecule has 1 unspecified atom stereocenters. The Morgan fingerprint density at radius 3 is 2.85 bits per heavy atom. The molecule has 1 N–H and O–H groups in total. The molecule has 1 aromatic carbocycles. The van der Waals surface area contributed by atoms with Crippen molar-refractivity contribution in [1.29, 1.82) is 0 Å². The van der Waals surface area contributed by atoms with E-state index in [-0.39, 0.29) is 23.9 Å². The van der Waals surface area contributed by atoms with Crippen LogP contribution in [0, 0.1) is 5.82 Å². The Kier molecular flexibility index (Phi) is 6.32. The molecule has 0 saturated carbocycles. The maximum absolute atomic E-state index is 13.9. The molecule has 6 nitrogen and oxygen atoms in total. The molecular weight excluding hydrogens is 337 g/mol. The van der Waals surface area contributed by atoms with Crippen LogP contribution in [0.1, 0.15) is 31.4 Å². The van der Waals surface area contributed by atoms with Crippen molar-refractivity contribution >= 4 is 6.03 Å². The minimum Gasteiger partial charge on any atom is -0.494 e. The van der Waals surface area contributed by atoms with E-state index < -0.39 is 5.82 Å². The normalized spacial score (nSPS) is 22.3. The summed E-state index contributed by atoms with van der Waals surface area (Å²) < 4.78 is 24.2. The quantitative estimate of drug-likeness (QED) is 0.871. The third kappa shape index (κ3) is 4.45. The number of methoxy groups -OCH3 is 1. The molecule has 0 aromatic heterocycles. The van der Waals surface area contributed by atoms with Crippen LogP contribution >= 0.6 is 0 Å². The zero-order valence-electron chi connectivity index (χ0n) is 15.5. The van der Waals surface area contributed by atoms with Gasteiger partial charge in [0.15, 0.2) is 11.6 Å². The predicted molar refractivity (Wildman–Crippen MR) is 96.9 cm³/mol. The Morgan fingerprint density at radius 2 is 2.15 bits per heavy atom. The largest absolute Gasteiger partial charge is 0.494 e. The van der Waals surface area contributed by atoms with Crippen LogP contribution in [0.15, 0.2) is 18.2 Å². The summed E-state index contributed by atoms with van der Waals surface area (Å²) in [7, 11) is 1.44. The predicted octanol–water partition coefficient (Wildman–Crippen LogP) is 2.40.